The van der Waals surface area contributed by atoms with Crippen molar-refractivity contribution in [2.75, 3.05) is 19.6 Å². The molecule has 2 aromatic rings. The van der Waals surface area contributed by atoms with E-state index in [-0.39, 0.29) is 12.6 Å². The zero-order chi connectivity index (χ0) is 18.4. The molecular formula is C20H23N3O3. The molecule has 0 fully saturated rings. The first-order chi connectivity index (χ1) is 12.7. The summed E-state index contributed by atoms with van der Waals surface area (Å²) in [6.07, 6.45) is 4.10. The molecule has 136 valence electrons. The Labute approximate surface area is 152 Å². The summed E-state index contributed by atoms with van der Waals surface area (Å²) < 4.78 is 5.59. The van der Waals surface area contributed by atoms with Crippen molar-refractivity contribution in [2.24, 2.45) is 0 Å². The van der Waals surface area contributed by atoms with Crippen LogP contribution in [0.5, 0.6) is 0 Å². The average Bonchev–Trinajstić information content (AvgIpc) is 3.20. The summed E-state index contributed by atoms with van der Waals surface area (Å²) in [7, 11) is 0. The molecule has 0 radical (unpaired) electrons. The van der Waals surface area contributed by atoms with Crippen LogP contribution in [0, 0.1) is 0 Å². The van der Waals surface area contributed by atoms with E-state index >= 15 is 0 Å². The first kappa shape index (κ1) is 17.9. The van der Waals surface area contributed by atoms with Gasteiger partial charge in [-0.15, -0.1) is 6.58 Å². The van der Waals surface area contributed by atoms with Gasteiger partial charge in [0.1, 0.15) is 5.76 Å². The van der Waals surface area contributed by atoms with Gasteiger partial charge in [0, 0.05) is 26.2 Å². The predicted octanol–water partition coefficient (Wildman–Crippen LogP) is 1.80. The van der Waals surface area contributed by atoms with Crippen LogP contribution in [0.3, 0.4) is 0 Å². The number of fused-ring (bicyclic) bond motifs is 1. The lowest BCUT2D eigenvalue weighted by atomic mass is 9.98. The number of hydrogen-bond donors (Lipinski definition) is 2. The molecule has 2 N–H and O–H groups in total. The van der Waals surface area contributed by atoms with Gasteiger partial charge in [-0.1, -0.05) is 30.3 Å². The number of nitrogens with zero attached hydrogens (tertiary/aromatic N) is 1. The highest BCUT2D eigenvalue weighted by Crippen LogP contribution is 2.27. The number of hydrogen-bond acceptors (Lipinski definition) is 4. The first-order valence-corrected chi connectivity index (χ1v) is 8.70. The number of rotatable bonds is 6. The number of benzene rings is 1. The van der Waals surface area contributed by atoms with Crippen LogP contribution in [0.2, 0.25) is 0 Å². The molecule has 0 saturated heterocycles. The molecular weight excluding hydrogens is 330 g/mol. The van der Waals surface area contributed by atoms with Gasteiger partial charge in [0.25, 0.3) is 0 Å². The van der Waals surface area contributed by atoms with E-state index < -0.39 is 11.8 Å². The van der Waals surface area contributed by atoms with Crippen LogP contribution >= 0.6 is 0 Å². The van der Waals surface area contributed by atoms with E-state index in [2.05, 4.69) is 40.3 Å². The van der Waals surface area contributed by atoms with Gasteiger partial charge >= 0.3 is 11.8 Å². The van der Waals surface area contributed by atoms with Crippen molar-refractivity contribution in [2.45, 2.75) is 19.0 Å². The second-order valence-corrected chi connectivity index (χ2v) is 6.23. The summed E-state index contributed by atoms with van der Waals surface area (Å²) in [5.74, 6) is -0.538. The highest BCUT2D eigenvalue weighted by atomic mass is 16.3. The van der Waals surface area contributed by atoms with Crippen LogP contribution in [0.1, 0.15) is 22.9 Å². The zero-order valence-electron chi connectivity index (χ0n) is 14.6. The molecule has 6 heteroatoms. The Hall–Kier alpha value is -2.86. The molecule has 3 rings (SSSR count). The van der Waals surface area contributed by atoms with Gasteiger partial charge in [0.2, 0.25) is 0 Å². The van der Waals surface area contributed by atoms with Gasteiger partial charge in [0.05, 0.1) is 12.3 Å². The molecule has 0 aliphatic carbocycles. The molecule has 1 aliphatic rings. The number of amides is 2. The van der Waals surface area contributed by atoms with Crippen molar-refractivity contribution in [3.63, 3.8) is 0 Å². The van der Waals surface area contributed by atoms with Gasteiger partial charge in [-0.25, -0.2) is 0 Å². The normalized spacial score (nSPS) is 14.9. The third kappa shape index (κ3) is 4.21. The van der Waals surface area contributed by atoms with Crippen LogP contribution in [0.25, 0.3) is 0 Å². The summed E-state index contributed by atoms with van der Waals surface area (Å²) in [4.78, 5) is 26.0. The van der Waals surface area contributed by atoms with E-state index in [1.54, 1.807) is 6.26 Å². The Balaban J connectivity index is 1.68. The molecule has 0 unspecified atom stereocenters. The number of carbonyl (C=O) groups excluding carboxylic acids is 2. The topological polar surface area (TPSA) is 74.6 Å². The fraction of sp³-hybridized carbons (Fsp3) is 0.300. The lowest BCUT2D eigenvalue weighted by Gasteiger charge is -2.34. The maximum atomic E-state index is 12.0. The Kier molecular flexibility index (Phi) is 5.86. The molecule has 2 heterocycles. The third-order valence-electron chi connectivity index (χ3n) is 4.54. The van der Waals surface area contributed by atoms with E-state index in [0.29, 0.717) is 6.54 Å². The van der Waals surface area contributed by atoms with Gasteiger partial charge in [-0.05, 0) is 29.7 Å². The molecule has 1 aromatic heterocycles. The molecule has 0 bridgehead atoms. The van der Waals surface area contributed by atoms with Crippen LogP contribution < -0.4 is 10.6 Å². The molecule has 0 spiro atoms. The number of nitrogens with one attached hydrogen (secondary N) is 2. The Morgan fingerprint density at radius 1 is 1.15 bits per heavy atom. The third-order valence-corrected chi connectivity index (χ3v) is 4.54. The molecule has 0 saturated carbocycles. The van der Waals surface area contributed by atoms with Crippen LogP contribution in [-0.4, -0.2) is 36.3 Å². The largest absolute Gasteiger partial charge is 0.468 e. The van der Waals surface area contributed by atoms with Crippen molar-refractivity contribution >= 4 is 11.8 Å². The maximum absolute atomic E-state index is 12.0. The van der Waals surface area contributed by atoms with E-state index in [9.17, 15) is 9.59 Å². The summed E-state index contributed by atoms with van der Waals surface area (Å²) in [6.45, 7) is 5.72. The minimum atomic E-state index is -0.660. The molecule has 2 amide bonds. The van der Waals surface area contributed by atoms with Gasteiger partial charge in [-0.3, -0.25) is 14.5 Å². The quantitative estimate of drug-likeness (QED) is 0.613. The summed E-state index contributed by atoms with van der Waals surface area (Å²) in [5.41, 5.74) is 2.64. The van der Waals surface area contributed by atoms with Crippen molar-refractivity contribution < 1.29 is 14.0 Å². The number of furan rings is 1. The van der Waals surface area contributed by atoms with Gasteiger partial charge < -0.3 is 15.1 Å². The number of carbonyl (C=O) groups is 2. The minimum Gasteiger partial charge on any atom is -0.468 e. The smallest absolute Gasteiger partial charge is 0.309 e. The monoisotopic (exact) mass is 353 g/mol. The maximum Gasteiger partial charge on any atom is 0.309 e. The second kappa shape index (κ2) is 8.49. The predicted molar refractivity (Wildman–Crippen MR) is 98.2 cm³/mol. The van der Waals surface area contributed by atoms with E-state index in [1.807, 2.05) is 18.2 Å². The molecule has 1 aliphatic heterocycles. The van der Waals surface area contributed by atoms with Gasteiger partial charge in [-0.2, -0.15) is 0 Å². The minimum absolute atomic E-state index is 0.130. The van der Waals surface area contributed by atoms with Crippen molar-refractivity contribution in [3.8, 4) is 0 Å². The Bertz CT molecular complexity index is 770. The van der Waals surface area contributed by atoms with Crippen LogP contribution in [-0.2, 0) is 22.6 Å². The van der Waals surface area contributed by atoms with Crippen LogP contribution in [0.15, 0.2) is 59.7 Å². The second-order valence-electron chi connectivity index (χ2n) is 6.23. The van der Waals surface area contributed by atoms with Gasteiger partial charge in [0.15, 0.2) is 0 Å². The van der Waals surface area contributed by atoms with Crippen molar-refractivity contribution in [1.29, 1.82) is 0 Å². The first-order valence-electron chi connectivity index (χ1n) is 8.70. The Morgan fingerprint density at radius 2 is 1.92 bits per heavy atom. The van der Waals surface area contributed by atoms with E-state index in [4.69, 9.17) is 4.42 Å². The lowest BCUT2D eigenvalue weighted by Crippen LogP contribution is -2.45. The fourth-order valence-corrected chi connectivity index (χ4v) is 3.19. The molecule has 26 heavy (non-hydrogen) atoms. The van der Waals surface area contributed by atoms with E-state index in [0.717, 1.165) is 25.3 Å². The summed E-state index contributed by atoms with van der Waals surface area (Å²) >= 11 is 0. The Morgan fingerprint density at radius 3 is 2.65 bits per heavy atom. The highest BCUT2D eigenvalue weighted by Gasteiger charge is 2.27. The average molecular weight is 353 g/mol. The SMILES string of the molecule is C=CCNC(=O)C(=O)NC[C@H](c1ccco1)N1CCc2ccccc2C1. The summed E-state index contributed by atoms with van der Waals surface area (Å²) in [5, 5.41) is 5.19. The van der Waals surface area contributed by atoms with Crippen molar-refractivity contribution in [1.82, 2.24) is 15.5 Å². The summed E-state index contributed by atoms with van der Waals surface area (Å²) in [6, 6.07) is 12.0. The standard InChI is InChI=1S/C20H23N3O3/c1-2-10-21-19(24)20(25)22-13-17(18-8-5-12-26-18)23-11-9-15-6-3-4-7-16(15)14-23/h2-8,12,17H,1,9-11,13-14H2,(H,21,24)(H,22,25)/t17-/m1/s1. The molecule has 1 atom stereocenters. The zero-order valence-corrected chi connectivity index (χ0v) is 14.6. The highest BCUT2D eigenvalue weighted by molar-refractivity contribution is 6.35. The van der Waals surface area contributed by atoms with Crippen LogP contribution in [0.4, 0.5) is 0 Å². The van der Waals surface area contributed by atoms with E-state index in [1.165, 1.54) is 17.2 Å². The molecule has 1 aromatic carbocycles. The molecule has 6 nitrogen and oxygen atoms in total. The fourth-order valence-electron chi connectivity index (χ4n) is 3.19. The lowest BCUT2D eigenvalue weighted by molar-refractivity contribution is -0.139. The van der Waals surface area contributed by atoms with Crippen molar-refractivity contribution in [3.05, 3.63) is 72.2 Å².